The lowest BCUT2D eigenvalue weighted by molar-refractivity contribution is -0.117. The Bertz CT molecular complexity index is 777. The molecule has 1 aliphatic rings. The zero-order chi connectivity index (χ0) is 20.1. The van der Waals surface area contributed by atoms with Gasteiger partial charge in [0.05, 0.1) is 12.2 Å². The maximum Gasteiger partial charge on any atom is 0.240 e. The lowest BCUT2D eigenvalue weighted by Crippen LogP contribution is -2.36. The van der Waals surface area contributed by atoms with Crippen LogP contribution in [-0.4, -0.2) is 53.6 Å². The minimum absolute atomic E-state index is 0.0522. The number of anilines is 1. The average molecular weight is 385 g/mol. The molecule has 0 aliphatic carbocycles. The molecule has 28 heavy (non-hydrogen) atoms. The Kier molecular flexibility index (Phi) is 6.52. The van der Waals surface area contributed by atoms with E-state index < -0.39 is 0 Å². The zero-order valence-electron chi connectivity index (χ0n) is 17.5. The second kappa shape index (κ2) is 8.88. The van der Waals surface area contributed by atoms with Crippen LogP contribution in [0.2, 0.25) is 0 Å². The first-order valence-corrected chi connectivity index (χ1v) is 10.1. The highest BCUT2D eigenvalue weighted by Crippen LogP contribution is 2.23. The molecule has 1 aromatic carbocycles. The minimum Gasteiger partial charge on any atom is -0.338 e. The Morgan fingerprint density at radius 1 is 1.11 bits per heavy atom. The van der Waals surface area contributed by atoms with E-state index >= 15 is 0 Å². The first kappa shape index (κ1) is 20.6. The summed E-state index contributed by atoms with van der Waals surface area (Å²) in [5.74, 6) is 0.370. The molecule has 6 heteroatoms. The number of nitrogens with one attached hydrogen (secondary N) is 1. The van der Waals surface area contributed by atoms with Crippen molar-refractivity contribution in [2.45, 2.75) is 46.1 Å². The lowest BCUT2D eigenvalue weighted by atomic mass is 9.92. The number of rotatable bonds is 5. The van der Waals surface area contributed by atoms with E-state index in [1.54, 1.807) is 0 Å². The van der Waals surface area contributed by atoms with E-state index in [1.807, 2.05) is 6.07 Å². The Hall–Kier alpha value is -2.18. The molecular formula is C22H32N4O2. The van der Waals surface area contributed by atoms with Crippen LogP contribution in [0.1, 0.15) is 44.0 Å². The molecule has 1 amide bonds. The lowest BCUT2D eigenvalue weighted by Gasteiger charge is -2.21. The fourth-order valence-corrected chi connectivity index (χ4v) is 3.36. The van der Waals surface area contributed by atoms with Gasteiger partial charge in [0, 0.05) is 31.1 Å². The molecular weight excluding hydrogens is 352 g/mol. The standard InChI is InChI=1S/C22H32N4O2/c1-17-6-8-18(9-7-17)15-25-10-5-11-26(13-12-25)16-20(27)23-21-14-19(24-28-21)22(2,3)4/h6-9,14H,5,10-13,15-16H2,1-4H3,(H,23,27). The number of amides is 1. The molecule has 0 unspecified atom stereocenters. The highest BCUT2D eigenvalue weighted by atomic mass is 16.5. The van der Waals surface area contributed by atoms with Crippen molar-refractivity contribution in [3.63, 3.8) is 0 Å². The van der Waals surface area contributed by atoms with E-state index in [1.165, 1.54) is 11.1 Å². The SMILES string of the molecule is Cc1ccc(CN2CCCN(CC(=O)Nc3cc(C(C)(C)C)no3)CC2)cc1. The van der Waals surface area contributed by atoms with Gasteiger partial charge in [-0.05, 0) is 32.0 Å². The Balaban J connectivity index is 1.47. The van der Waals surface area contributed by atoms with Crippen LogP contribution in [0.4, 0.5) is 5.88 Å². The van der Waals surface area contributed by atoms with Crippen LogP contribution >= 0.6 is 0 Å². The van der Waals surface area contributed by atoms with Crippen LogP contribution in [0.25, 0.3) is 0 Å². The van der Waals surface area contributed by atoms with Gasteiger partial charge in [-0.2, -0.15) is 0 Å². The third-order valence-electron chi connectivity index (χ3n) is 5.12. The van der Waals surface area contributed by atoms with E-state index in [4.69, 9.17) is 4.52 Å². The summed E-state index contributed by atoms with van der Waals surface area (Å²) in [5, 5.41) is 6.88. The highest BCUT2D eigenvalue weighted by Gasteiger charge is 2.21. The van der Waals surface area contributed by atoms with Gasteiger partial charge in [-0.1, -0.05) is 55.8 Å². The van der Waals surface area contributed by atoms with Crippen LogP contribution in [0.3, 0.4) is 0 Å². The molecule has 0 bridgehead atoms. The van der Waals surface area contributed by atoms with Gasteiger partial charge in [-0.3, -0.25) is 19.9 Å². The molecule has 1 aromatic heterocycles. The molecule has 0 saturated carbocycles. The van der Waals surface area contributed by atoms with Gasteiger partial charge in [0.25, 0.3) is 0 Å². The van der Waals surface area contributed by atoms with Crippen molar-refractivity contribution in [3.05, 3.63) is 47.2 Å². The molecule has 0 atom stereocenters. The smallest absolute Gasteiger partial charge is 0.240 e. The second-order valence-corrected chi connectivity index (χ2v) is 8.77. The van der Waals surface area contributed by atoms with Crippen molar-refractivity contribution < 1.29 is 9.32 Å². The van der Waals surface area contributed by atoms with Crippen LogP contribution in [0.5, 0.6) is 0 Å². The first-order chi connectivity index (χ1) is 13.3. The Morgan fingerprint density at radius 3 is 2.46 bits per heavy atom. The van der Waals surface area contributed by atoms with E-state index in [9.17, 15) is 4.79 Å². The monoisotopic (exact) mass is 384 g/mol. The second-order valence-electron chi connectivity index (χ2n) is 8.77. The number of hydrogen-bond acceptors (Lipinski definition) is 5. The van der Waals surface area contributed by atoms with Gasteiger partial charge in [-0.15, -0.1) is 0 Å². The van der Waals surface area contributed by atoms with E-state index in [0.29, 0.717) is 12.4 Å². The summed E-state index contributed by atoms with van der Waals surface area (Å²) < 4.78 is 5.26. The predicted octanol–water partition coefficient (Wildman–Crippen LogP) is 3.43. The number of nitrogens with zero attached hydrogens (tertiary/aromatic N) is 3. The van der Waals surface area contributed by atoms with Gasteiger partial charge in [0.2, 0.25) is 11.8 Å². The van der Waals surface area contributed by atoms with Crippen LogP contribution in [-0.2, 0) is 16.8 Å². The van der Waals surface area contributed by atoms with E-state index in [0.717, 1.165) is 44.8 Å². The molecule has 1 aliphatic heterocycles. The first-order valence-electron chi connectivity index (χ1n) is 10.1. The van der Waals surface area contributed by atoms with Crippen molar-refractivity contribution in [3.8, 4) is 0 Å². The quantitative estimate of drug-likeness (QED) is 0.856. The van der Waals surface area contributed by atoms with Gasteiger partial charge < -0.3 is 4.52 Å². The van der Waals surface area contributed by atoms with Gasteiger partial charge in [0.15, 0.2) is 0 Å². The molecule has 2 aromatic rings. The molecule has 1 saturated heterocycles. The molecule has 152 valence electrons. The summed E-state index contributed by atoms with van der Waals surface area (Å²) in [5.41, 5.74) is 3.37. The molecule has 2 heterocycles. The Labute approximate surface area is 167 Å². The highest BCUT2D eigenvalue weighted by molar-refractivity contribution is 5.91. The minimum atomic E-state index is -0.0990. The maximum absolute atomic E-state index is 12.4. The summed E-state index contributed by atoms with van der Waals surface area (Å²) in [6.07, 6.45) is 1.07. The largest absolute Gasteiger partial charge is 0.338 e. The summed E-state index contributed by atoms with van der Waals surface area (Å²) >= 11 is 0. The zero-order valence-corrected chi connectivity index (χ0v) is 17.5. The van der Waals surface area contributed by atoms with E-state index in [-0.39, 0.29) is 11.3 Å². The number of aromatic nitrogens is 1. The normalized spacial score (nSPS) is 16.7. The number of carbonyl (C=O) groups excluding carboxylic acids is 1. The number of carbonyl (C=O) groups is 1. The topological polar surface area (TPSA) is 61.6 Å². The van der Waals surface area contributed by atoms with Crippen LogP contribution in [0.15, 0.2) is 34.9 Å². The number of benzene rings is 1. The third-order valence-corrected chi connectivity index (χ3v) is 5.12. The molecule has 3 rings (SSSR count). The van der Waals surface area contributed by atoms with Crippen molar-refractivity contribution in [2.24, 2.45) is 0 Å². The molecule has 1 fully saturated rings. The molecule has 1 N–H and O–H groups in total. The molecule has 6 nitrogen and oxygen atoms in total. The summed E-state index contributed by atoms with van der Waals surface area (Å²) in [6.45, 7) is 13.5. The van der Waals surface area contributed by atoms with E-state index in [2.05, 4.69) is 72.2 Å². The van der Waals surface area contributed by atoms with Crippen molar-refractivity contribution in [2.75, 3.05) is 38.0 Å². The molecule has 0 radical (unpaired) electrons. The van der Waals surface area contributed by atoms with Gasteiger partial charge in [-0.25, -0.2) is 0 Å². The summed E-state index contributed by atoms with van der Waals surface area (Å²) in [6, 6.07) is 10.5. The van der Waals surface area contributed by atoms with Crippen LogP contribution < -0.4 is 5.32 Å². The van der Waals surface area contributed by atoms with Crippen LogP contribution in [0, 0.1) is 6.92 Å². The number of hydrogen-bond donors (Lipinski definition) is 1. The maximum atomic E-state index is 12.4. The fourth-order valence-electron chi connectivity index (χ4n) is 3.36. The fraction of sp³-hybridized carbons (Fsp3) is 0.545. The van der Waals surface area contributed by atoms with Gasteiger partial charge >= 0.3 is 0 Å². The Morgan fingerprint density at radius 2 is 1.79 bits per heavy atom. The summed E-state index contributed by atoms with van der Waals surface area (Å²) in [7, 11) is 0. The van der Waals surface area contributed by atoms with Gasteiger partial charge in [0.1, 0.15) is 0 Å². The van der Waals surface area contributed by atoms with Crippen molar-refractivity contribution >= 4 is 11.8 Å². The average Bonchev–Trinajstić information content (AvgIpc) is 2.99. The predicted molar refractivity (Wildman–Crippen MR) is 111 cm³/mol. The van der Waals surface area contributed by atoms with Crippen molar-refractivity contribution in [1.29, 1.82) is 0 Å². The third kappa shape index (κ3) is 5.91. The summed E-state index contributed by atoms with van der Waals surface area (Å²) in [4.78, 5) is 17.1. The van der Waals surface area contributed by atoms with Crippen molar-refractivity contribution in [1.82, 2.24) is 15.0 Å². The number of aryl methyl sites for hydroxylation is 1. The molecule has 0 spiro atoms.